The van der Waals surface area contributed by atoms with E-state index in [0.29, 0.717) is 0 Å². The van der Waals surface area contributed by atoms with Crippen LogP contribution in [0.3, 0.4) is 0 Å². The van der Waals surface area contributed by atoms with Crippen LogP contribution >= 0.6 is 0 Å². The van der Waals surface area contributed by atoms with Crippen LogP contribution in [0.4, 0.5) is 0 Å². The van der Waals surface area contributed by atoms with Gasteiger partial charge in [-0.05, 0) is 43.5 Å². The van der Waals surface area contributed by atoms with Gasteiger partial charge in [-0.25, -0.2) is 0 Å². The summed E-state index contributed by atoms with van der Waals surface area (Å²) in [6, 6.07) is 8.93. The molecule has 1 aromatic heterocycles. The van der Waals surface area contributed by atoms with Crippen molar-refractivity contribution in [2.45, 2.75) is 43.4 Å². The smallest absolute Gasteiger partial charge is 0.0834 e. The molecule has 0 bridgehead atoms. The number of rotatable bonds is 3. The zero-order valence-corrected chi connectivity index (χ0v) is 16.7. The van der Waals surface area contributed by atoms with Gasteiger partial charge in [0.1, 0.15) is 0 Å². The molecule has 0 saturated carbocycles. The minimum atomic E-state index is -0.322. The van der Waals surface area contributed by atoms with Crippen molar-refractivity contribution in [1.29, 1.82) is 0 Å². The molecule has 0 unspecified atom stereocenters. The number of piperidine rings is 1. The number of aliphatic hydroxyl groups is 1. The number of fused-ring (bicyclic) bond motifs is 2. The number of hydrogen-bond donors (Lipinski definition) is 1. The van der Waals surface area contributed by atoms with Crippen LogP contribution in [0.5, 0.6) is 0 Å². The molecule has 3 heterocycles. The Bertz CT molecular complexity index is 865. The van der Waals surface area contributed by atoms with Crippen LogP contribution in [-0.4, -0.2) is 57.0 Å². The van der Waals surface area contributed by atoms with Gasteiger partial charge in [0.05, 0.1) is 18.3 Å². The molecule has 1 fully saturated rings. The summed E-state index contributed by atoms with van der Waals surface area (Å²) in [5, 5.41) is 15.9. The molecule has 5 heteroatoms. The van der Waals surface area contributed by atoms with Crippen molar-refractivity contribution in [1.82, 2.24) is 19.6 Å². The summed E-state index contributed by atoms with van der Waals surface area (Å²) >= 11 is 0. The Morgan fingerprint density at radius 2 is 1.96 bits per heavy atom. The SMILES string of the molecule is Cn1cc(CN2CCC3(CC2)c2ccccc2[C@@H](N2CC=CCC2)[C@@H]3O)cn1. The largest absolute Gasteiger partial charge is 0.390 e. The molecule has 5 nitrogen and oxygen atoms in total. The van der Waals surface area contributed by atoms with Gasteiger partial charge in [0.2, 0.25) is 0 Å². The molecule has 1 spiro atoms. The van der Waals surface area contributed by atoms with Crippen LogP contribution in [0, 0.1) is 0 Å². The third-order valence-electron chi connectivity index (χ3n) is 7.08. The van der Waals surface area contributed by atoms with Crippen molar-refractivity contribution < 1.29 is 5.11 Å². The van der Waals surface area contributed by atoms with E-state index >= 15 is 0 Å². The van der Waals surface area contributed by atoms with Gasteiger partial charge >= 0.3 is 0 Å². The minimum Gasteiger partial charge on any atom is -0.390 e. The van der Waals surface area contributed by atoms with Crippen molar-refractivity contribution in [2.24, 2.45) is 7.05 Å². The standard InChI is InChI=1S/C23H30N4O/c1-25-16-18(15-24-25)17-26-13-9-23(10-14-26)20-8-4-3-7-19(20)21(22(23)28)27-11-5-2-6-12-27/h2-5,7-8,15-16,21-22,28H,6,9-14,17H2,1H3/t21-,22+/m1/s1. The second-order valence-electron chi connectivity index (χ2n) is 8.69. The Hall–Kier alpha value is -1.95. The van der Waals surface area contributed by atoms with Gasteiger partial charge in [0.25, 0.3) is 0 Å². The minimum absolute atomic E-state index is 0.103. The number of likely N-dealkylation sites (tertiary alicyclic amines) is 1. The highest BCUT2D eigenvalue weighted by Gasteiger charge is 2.53. The summed E-state index contributed by atoms with van der Waals surface area (Å²) in [6.45, 7) is 4.97. The van der Waals surface area contributed by atoms with E-state index in [1.165, 1.54) is 16.7 Å². The number of hydrogen-bond acceptors (Lipinski definition) is 4. The fraction of sp³-hybridized carbons (Fsp3) is 0.522. The van der Waals surface area contributed by atoms with Crippen molar-refractivity contribution in [3.63, 3.8) is 0 Å². The summed E-state index contributed by atoms with van der Waals surface area (Å²) in [7, 11) is 1.97. The van der Waals surface area contributed by atoms with Gasteiger partial charge in [0, 0.05) is 43.9 Å². The van der Waals surface area contributed by atoms with Crippen LogP contribution < -0.4 is 0 Å². The number of aliphatic hydroxyl groups excluding tert-OH is 1. The normalized spacial score (nSPS) is 27.4. The van der Waals surface area contributed by atoms with Crippen LogP contribution in [0.25, 0.3) is 0 Å². The summed E-state index contributed by atoms with van der Waals surface area (Å²) < 4.78 is 1.87. The van der Waals surface area contributed by atoms with E-state index in [0.717, 1.165) is 52.0 Å². The lowest BCUT2D eigenvalue weighted by molar-refractivity contribution is -0.0141. The predicted molar refractivity (Wildman–Crippen MR) is 110 cm³/mol. The topological polar surface area (TPSA) is 44.5 Å². The number of aryl methyl sites for hydroxylation is 1. The Labute approximate surface area is 167 Å². The van der Waals surface area contributed by atoms with E-state index in [1.807, 2.05) is 17.9 Å². The van der Waals surface area contributed by atoms with E-state index in [9.17, 15) is 5.11 Å². The lowest BCUT2D eigenvalue weighted by Gasteiger charge is -2.44. The molecular formula is C23H30N4O. The zero-order valence-electron chi connectivity index (χ0n) is 16.7. The molecule has 148 valence electrons. The molecule has 1 saturated heterocycles. The average molecular weight is 379 g/mol. The Morgan fingerprint density at radius 1 is 1.14 bits per heavy atom. The van der Waals surface area contributed by atoms with Gasteiger partial charge in [-0.15, -0.1) is 0 Å². The molecule has 1 aliphatic carbocycles. The van der Waals surface area contributed by atoms with Gasteiger partial charge in [-0.1, -0.05) is 36.4 Å². The zero-order chi connectivity index (χ0) is 19.1. The maximum Gasteiger partial charge on any atom is 0.0834 e. The molecule has 2 aliphatic heterocycles. The van der Waals surface area contributed by atoms with Gasteiger partial charge in [0.15, 0.2) is 0 Å². The van der Waals surface area contributed by atoms with Gasteiger partial charge < -0.3 is 5.11 Å². The second kappa shape index (κ2) is 7.14. The van der Waals surface area contributed by atoms with E-state index in [4.69, 9.17) is 0 Å². The van der Waals surface area contributed by atoms with Crippen LogP contribution in [0.15, 0.2) is 48.8 Å². The molecule has 1 N–H and O–H groups in total. The number of aromatic nitrogens is 2. The molecule has 0 amide bonds. The first-order chi connectivity index (χ1) is 13.7. The molecule has 2 atom stereocenters. The van der Waals surface area contributed by atoms with E-state index in [1.54, 1.807) is 0 Å². The predicted octanol–water partition coefficient (Wildman–Crippen LogP) is 2.63. The lowest BCUT2D eigenvalue weighted by atomic mass is 9.72. The van der Waals surface area contributed by atoms with Crippen molar-refractivity contribution in [2.75, 3.05) is 26.2 Å². The molecule has 0 radical (unpaired) electrons. The molecule has 5 rings (SSSR count). The van der Waals surface area contributed by atoms with Crippen LogP contribution in [0.1, 0.15) is 42.0 Å². The highest BCUT2D eigenvalue weighted by atomic mass is 16.3. The summed E-state index contributed by atoms with van der Waals surface area (Å²) in [5.41, 5.74) is 3.91. The van der Waals surface area contributed by atoms with Crippen molar-refractivity contribution >= 4 is 0 Å². The number of benzene rings is 1. The fourth-order valence-electron chi connectivity index (χ4n) is 5.64. The average Bonchev–Trinajstić information content (AvgIpc) is 3.24. The second-order valence-corrected chi connectivity index (χ2v) is 8.69. The Balaban J connectivity index is 1.38. The first-order valence-corrected chi connectivity index (χ1v) is 10.5. The number of nitrogens with zero attached hydrogens (tertiary/aromatic N) is 4. The van der Waals surface area contributed by atoms with E-state index in [2.05, 4.69) is 57.5 Å². The molecule has 3 aliphatic rings. The highest BCUT2D eigenvalue weighted by molar-refractivity contribution is 5.45. The highest BCUT2D eigenvalue weighted by Crippen LogP contribution is 2.53. The third kappa shape index (κ3) is 2.93. The van der Waals surface area contributed by atoms with Crippen LogP contribution in [0.2, 0.25) is 0 Å². The van der Waals surface area contributed by atoms with Crippen molar-refractivity contribution in [3.05, 3.63) is 65.5 Å². The Morgan fingerprint density at radius 3 is 2.68 bits per heavy atom. The van der Waals surface area contributed by atoms with Gasteiger partial charge in [-0.2, -0.15) is 5.10 Å². The molecule has 28 heavy (non-hydrogen) atoms. The summed E-state index contributed by atoms with van der Waals surface area (Å²) in [4.78, 5) is 4.98. The van der Waals surface area contributed by atoms with Crippen molar-refractivity contribution in [3.8, 4) is 0 Å². The maximum atomic E-state index is 11.6. The first-order valence-electron chi connectivity index (χ1n) is 10.5. The van der Waals surface area contributed by atoms with Gasteiger partial charge in [-0.3, -0.25) is 14.5 Å². The van der Waals surface area contributed by atoms with Crippen LogP contribution in [-0.2, 0) is 19.0 Å². The first kappa shape index (κ1) is 18.1. The molecule has 2 aromatic rings. The maximum absolute atomic E-state index is 11.6. The monoisotopic (exact) mass is 378 g/mol. The fourth-order valence-corrected chi connectivity index (χ4v) is 5.64. The summed E-state index contributed by atoms with van der Waals surface area (Å²) in [5.74, 6) is 0. The lowest BCUT2D eigenvalue weighted by Crippen LogP contribution is -2.50. The third-order valence-corrected chi connectivity index (χ3v) is 7.08. The summed E-state index contributed by atoms with van der Waals surface area (Å²) in [6.07, 6.45) is 11.4. The molecular weight excluding hydrogens is 348 g/mol. The molecule has 1 aromatic carbocycles. The van der Waals surface area contributed by atoms with E-state index in [-0.39, 0.29) is 17.6 Å². The quantitative estimate of drug-likeness (QED) is 0.834. The van der Waals surface area contributed by atoms with E-state index < -0.39 is 0 Å². The Kier molecular flexibility index (Phi) is 4.62.